The summed E-state index contributed by atoms with van der Waals surface area (Å²) in [6, 6.07) is 0.772. The van der Waals surface area contributed by atoms with Gasteiger partial charge in [0.1, 0.15) is 0 Å². The summed E-state index contributed by atoms with van der Waals surface area (Å²) in [6.45, 7) is 12.1. The van der Waals surface area contributed by atoms with Gasteiger partial charge in [0.05, 0.1) is 0 Å². The Morgan fingerprint density at radius 3 is 2.13 bits per heavy atom. The first kappa shape index (κ1) is 11.4. The Kier molecular flexibility index (Phi) is 3.39. The van der Waals surface area contributed by atoms with Crippen LogP contribution in [0.5, 0.6) is 0 Å². The van der Waals surface area contributed by atoms with Crippen molar-refractivity contribution < 1.29 is 0 Å². The summed E-state index contributed by atoms with van der Waals surface area (Å²) in [5.74, 6) is 4.17. The highest BCUT2D eigenvalue weighted by Gasteiger charge is 2.54. The highest BCUT2D eigenvalue weighted by molar-refractivity contribution is 5.05. The molecule has 2 aliphatic rings. The SMILES string of the molecule is CC(C)CCC[C@@H]1[C@H]2CN(C(C)C)C[C@@H]12. The van der Waals surface area contributed by atoms with Crippen LogP contribution in [0.25, 0.3) is 0 Å². The van der Waals surface area contributed by atoms with Gasteiger partial charge in [0, 0.05) is 19.1 Å². The van der Waals surface area contributed by atoms with Crippen LogP contribution in [0, 0.1) is 23.7 Å². The summed E-state index contributed by atoms with van der Waals surface area (Å²) in [5.41, 5.74) is 0. The van der Waals surface area contributed by atoms with Gasteiger partial charge < -0.3 is 4.90 Å². The molecule has 2 rings (SSSR count). The lowest BCUT2D eigenvalue weighted by molar-refractivity contribution is 0.230. The highest BCUT2D eigenvalue weighted by atomic mass is 15.2. The van der Waals surface area contributed by atoms with Gasteiger partial charge >= 0.3 is 0 Å². The lowest BCUT2D eigenvalue weighted by Crippen LogP contribution is -2.31. The van der Waals surface area contributed by atoms with Gasteiger partial charge in [-0.3, -0.25) is 0 Å². The van der Waals surface area contributed by atoms with Crippen molar-refractivity contribution in [2.24, 2.45) is 23.7 Å². The first-order chi connectivity index (χ1) is 7.09. The van der Waals surface area contributed by atoms with E-state index in [0.717, 1.165) is 29.7 Å². The average Bonchev–Trinajstić information content (AvgIpc) is 2.59. The number of hydrogen-bond acceptors (Lipinski definition) is 1. The molecule has 1 saturated carbocycles. The molecule has 1 heterocycles. The summed E-state index contributed by atoms with van der Waals surface area (Å²) in [6.07, 6.45) is 4.42. The number of piperidine rings is 1. The molecule has 0 bridgehead atoms. The fraction of sp³-hybridized carbons (Fsp3) is 1.00. The van der Waals surface area contributed by atoms with E-state index in [1.54, 1.807) is 0 Å². The third kappa shape index (κ3) is 2.55. The molecule has 0 radical (unpaired) electrons. The summed E-state index contributed by atoms with van der Waals surface area (Å²) in [7, 11) is 0. The maximum absolute atomic E-state index is 2.66. The van der Waals surface area contributed by atoms with Gasteiger partial charge in [0.25, 0.3) is 0 Å². The molecule has 2 fully saturated rings. The molecule has 0 unspecified atom stereocenters. The maximum atomic E-state index is 2.66. The number of likely N-dealkylation sites (tertiary alicyclic amines) is 1. The quantitative estimate of drug-likeness (QED) is 0.671. The van der Waals surface area contributed by atoms with E-state index in [4.69, 9.17) is 0 Å². The van der Waals surface area contributed by atoms with Crippen molar-refractivity contribution in [3.63, 3.8) is 0 Å². The Morgan fingerprint density at radius 1 is 1.07 bits per heavy atom. The van der Waals surface area contributed by atoms with E-state index in [9.17, 15) is 0 Å². The summed E-state index contributed by atoms with van der Waals surface area (Å²) < 4.78 is 0. The number of fused-ring (bicyclic) bond motifs is 1. The van der Waals surface area contributed by atoms with Gasteiger partial charge in [-0.2, -0.15) is 0 Å². The average molecular weight is 209 g/mol. The molecule has 0 aromatic rings. The van der Waals surface area contributed by atoms with Crippen LogP contribution in [0.15, 0.2) is 0 Å². The van der Waals surface area contributed by atoms with Gasteiger partial charge in [-0.15, -0.1) is 0 Å². The monoisotopic (exact) mass is 209 g/mol. The summed E-state index contributed by atoms with van der Waals surface area (Å²) in [5, 5.41) is 0. The minimum Gasteiger partial charge on any atom is -0.300 e. The molecule has 15 heavy (non-hydrogen) atoms. The van der Waals surface area contributed by atoms with Crippen LogP contribution in [0.1, 0.15) is 47.0 Å². The van der Waals surface area contributed by atoms with Gasteiger partial charge in [-0.1, -0.05) is 26.7 Å². The van der Waals surface area contributed by atoms with E-state index in [2.05, 4.69) is 32.6 Å². The number of rotatable bonds is 5. The molecule has 0 spiro atoms. The van der Waals surface area contributed by atoms with Crippen LogP contribution < -0.4 is 0 Å². The Bertz CT molecular complexity index is 197. The van der Waals surface area contributed by atoms with Crippen LogP contribution in [-0.4, -0.2) is 24.0 Å². The van der Waals surface area contributed by atoms with E-state index in [0.29, 0.717) is 0 Å². The van der Waals surface area contributed by atoms with Crippen LogP contribution in [0.3, 0.4) is 0 Å². The second-order valence-corrected chi connectivity index (χ2v) is 6.36. The van der Waals surface area contributed by atoms with E-state index >= 15 is 0 Å². The van der Waals surface area contributed by atoms with Gasteiger partial charge in [0.15, 0.2) is 0 Å². The molecule has 3 atom stereocenters. The Balaban J connectivity index is 1.62. The zero-order valence-corrected chi connectivity index (χ0v) is 10.9. The topological polar surface area (TPSA) is 3.24 Å². The molecular weight excluding hydrogens is 182 g/mol. The van der Waals surface area contributed by atoms with E-state index < -0.39 is 0 Å². The lowest BCUT2D eigenvalue weighted by Gasteiger charge is -2.23. The Hall–Kier alpha value is -0.0400. The third-order valence-corrected chi connectivity index (χ3v) is 4.45. The lowest BCUT2D eigenvalue weighted by atomic mass is 10.0. The number of hydrogen-bond donors (Lipinski definition) is 0. The number of nitrogens with zero attached hydrogens (tertiary/aromatic N) is 1. The highest BCUT2D eigenvalue weighted by Crippen LogP contribution is 2.54. The molecule has 0 aromatic carbocycles. The van der Waals surface area contributed by atoms with Crippen molar-refractivity contribution in [1.29, 1.82) is 0 Å². The van der Waals surface area contributed by atoms with E-state index in [1.807, 2.05) is 0 Å². The predicted molar refractivity (Wildman–Crippen MR) is 65.9 cm³/mol. The van der Waals surface area contributed by atoms with Crippen molar-refractivity contribution in [3.8, 4) is 0 Å². The second kappa shape index (κ2) is 4.45. The summed E-state index contributed by atoms with van der Waals surface area (Å²) >= 11 is 0. The van der Waals surface area contributed by atoms with Crippen molar-refractivity contribution in [1.82, 2.24) is 4.90 Å². The molecule has 0 N–H and O–H groups in total. The first-order valence-electron chi connectivity index (χ1n) is 6.83. The van der Waals surface area contributed by atoms with E-state index in [-0.39, 0.29) is 0 Å². The maximum Gasteiger partial charge on any atom is 0.00388 e. The zero-order valence-electron chi connectivity index (χ0n) is 10.9. The molecule has 88 valence electrons. The van der Waals surface area contributed by atoms with E-state index in [1.165, 1.54) is 32.4 Å². The molecule has 1 nitrogen and oxygen atoms in total. The molecule has 0 amide bonds. The molecule has 0 aromatic heterocycles. The minimum absolute atomic E-state index is 0.772. The molecular formula is C14H27N. The van der Waals surface area contributed by atoms with Crippen LogP contribution in [0.2, 0.25) is 0 Å². The van der Waals surface area contributed by atoms with Crippen molar-refractivity contribution in [2.45, 2.75) is 53.0 Å². The van der Waals surface area contributed by atoms with Crippen molar-refractivity contribution in [3.05, 3.63) is 0 Å². The normalized spacial score (nSPS) is 35.2. The Labute approximate surface area is 95.2 Å². The third-order valence-electron chi connectivity index (χ3n) is 4.45. The standard InChI is InChI=1S/C14H27N/c1-10(2)6-5-7-12-13-8-15(11(3)4)9-14(12)13/h10-14H,5-9H2,1-4H3/t12-,13-,14+. The molecule has 1 aliphatic heterocycles. The molecule has 1 heteroatoms. The largest absolute Gasteiger partial charge is 0.300 e. The summed E-state index contributed by atoms with van der Waals surface area (Å²) in [4.78, 5) is 2.66. The van der Waals surface area contributed by atoms with Crippen LogP contribution in [0.4, 0.5) is 0 Å². The fourth-order valence-corrected chi connectivity index (χ4v) is 3.29. The van der Waals surface area contributed by atoms with Gasteiger partial charge in [-0.05, 0) is 43.9 Å². The molecule has 1 saturated heterocycles. The van der Waals surface area contributed by atoms with Crippen LogP contribution >= 0.6 is 0 Å². The zero-order chi connectivity index (χ0) is 11.0. The van der Waals surface area contributed by atoms with Crippen molar-refractivity contribution in [2.75, 3.05) is 13.1 Å². The minimum atomic E-state index is 0.772. The van der Waals surface area contributed by atoms with Gasteiger partial charge in [0.2, 0.25) is 0 Å². The fourth-order valence-electron chi connectivity index (χ4n) is 3.29. The molecule has 1 aliphatic carbocycles. The van der Waals surface area contributed by atoms with Gasteiger partial charge in [-0.25, -0.2) is 0 Å². The predicted octanol–water partition coefficient (Wildman–Crippen LogP) is 3.40. The first-order valence-corrected chi connectivity index (χ1v) is 6.83. The van der Waals surface area contributed by atoms with Crippen molar-refractivity contribution >= 4 is 0 Å². The second-order valence-electron chi connectivity index (χ2n) is 6.36. The Morgan fingerprint density at radius 2 is 1.67 bits per heavy atom. The smallest absolute Gasteiger partial charge is 0.00388 e. The van der Waals surface area contributed by atoms with Crippen LogP contribution in [-0.2, 0) is 0 Å².